The van der Waals surface area contributed by atoms with E-state index < -0.39 is 4.92 Å². The maximum atomic E-state index is 10.8. The summed E-state index contributed by atoms with van der Waals surface area (Å²) in [4.78, 5) is 14.8. The van der Waals surface area contributed by atoms with E-state index in [0.29, 0.717) is 5.92 Å². The van der Waals surface area contributed by atoms with Crippen molar-refractivity contribution in [2.75, 3.05) is 11.9 Å². The lowest BCUT2D eigenvalue weighted by Crippen LogP contribution is -2.04. The standard InChI is InChI=1S/C14H17N3O2S/c1-10(2)6-7-15-14-16-13(9-20-14)11-4-3-5-12(8-11)17(18)19/h3-5,8-10H,6-7H2,1-2H3,(H,15,16). The van der Waals surface area contributed by atoms with E-state index in [1.54, 1.807) is 12.1 Å². The molecule has 1 aromatic carbocycles. The van der Waals surface area contributed by atoms with Crippen LogP contribution in [0.15, 0.2) is 29.6 Å². The summed E-state index contributed by atoms with van der Waals surface area (Å²) in [7, 11) is 0. The zero-order chi connectivity index (χ0) is 14.5. The molecule has 5 nitrogen and oxygen atoms in total. The Balaban J connectivity index is 2.08. The molecule has 0 atom stereocenters. The van der Waals surface area contributed by atoms with Gasteiger partial charge in [-0.1, -0.05) is 26.0 Å². The van der Waals surface area contributed by atoms with E-state index in [4.69, 9.17) is 0 Å². The molecule has 0 saturated heterocycles. The first-order valence-electron chi connectivity index (χ1n) is 6.50. The third-order valence-corrected chi connectivity index (χ3v) is 3.65. The Bertz CT molecular complexity index is 596. The number of nitro groups is 1. The lowest BCUT2D eigenvalue weighted by atomic mass is 10.1. The van der Waals surface area contributed by atoms with Crippen molar-refractivity contribution in [2.45, 2.75) is 20.3 Å². The molecule has 1 heterocycles. The molecule has 0 fully saturated rings. The fourth-order valence-electron chi connectivity index (χ4n) is 1.73. The number of nitrogens with zero attached hydrogens (tertiary/aromatic N) is 2. The third kappa shape index (κ3) is 3.77. The topological polar surface area (TPSA) is 68.1 Å². The Kier molecular flexibility index (Phi) is 4.68. The summed E-state index contributed by atoms with van der Waals surface area (Å²) in [5.74, 6) is 0.652. The Morgan fingerprint density at radius 2 is 2.25 bits per heavy atom. The van der Waals surface area contributed by atoms with Crippen molar-refractivity contribution in [3.05, 3.63) is 39.8 Å². The van der Waals surface area contributed by atoms with Crippen LogP contribution in [0.3, 0.4) is 0 Å². The van der Waals surface area contributed by atoms with Crippen LogP contribution in [0.5, 0.6) is 0 Å². The number of benzene rings is 1. The van der Waals surface area contributed by atoms with Gasteiger partial charge in [0, 0.05) is 29.6 Å². The number of hydrogen-bond acceptors (Lipinski definition) is 5. The van der Waals surface area contributed by atoms with Gasteiger partial charge in [0.15, 0.2) is 5.13 Å². The van der Waals surface area contributed by atoms with Crippen molar-refractivity contribution in [1.82, 2.24) is 4.98 Å². The molecule has 0 spiro atoms. The molecule has 0 aliphatic carbocycles. The minimum Gasteiger partial charge on any atom is -0.361 e. The maximum Gasteiger partial charge on any atom is 0.270 e. The van der Waals surface area contributed by atoms with Crippen LogP contribution in [0.2, 0.25) is 0 Å². The van der Waals surface area contributed by atoms with Crippen molar-refractivity contribution >= 4 is 22.2 Å². The van der Waals surface area contributed by atoms with Crippen molar-refractivity contribution in [3.63, 3.8) is 0 Å². The molecule has 0 bridgehead atoms. The number of hydrogen-bond donors (Lipinski definition) is 1. The number of nitro benzene ring substituents is 1. The average molecular weight is 291 g/mol. The monoisotopic (exact) mass is 291 g/mol. The molecule has 0 radical (unpaired) electrons. The van der Waals surface area contributed by atoms with Crippen LogP contribution >= 0.6 is 11.3 Å². The Hall–Kier alpha value is -1.95. The van der Waals surface area contributed by atoms with Crippen molar-refractivity contribution in [1.29, 1.82) is 0 Å². The number of nitrogens with one attached hydrogen (secondary N) is 1. The molecule has 2 rings (SSSR count). The SMILES string of the molecule is CC(C)CCNc1nc(-c2cccc([N+](=O)[O-])c2)cs1. The van der Waals surface area contributed by atoms with Crippen LogP contribution in [-0.2, 0) is 0 Å². The lowest BCUT2D eigenvalue weighted by molar-refractivity contribution is -0.384. The highest BCUT2D eigenvalue weighted by molar-refractivity contribution is 7.14. The highest BCUT2D eigenvalue weighted by atomic mass is 32.1. The van der Waals surface area contributed by atoms with E-state index in [1.807, 2.05) is 11.4 Å². The quantitative estimate of drug-likeness (QED) is 0.640. The molecule has 1 aromatic heterocycles. The van der Waals surface area contributed by atoms with Crippen LogP contribution in [0.1, 0.15) is 20.3 Å². The van der Waals surface area contributed by atoms with Gasteiger partial charge >= 0.3 is 0 Å². The molecule has 20 heavy (non-hydrogen) atoms. The molecule has 1 N–H and O–H groups in total. The molecule has 0 unspecified atom stereocenters. The molecule has 0 aliphatic heterocycles. The molecule has 0 aliphatic rings. The minimum atomic E-state index is -0.391. The normalized spacial score (nSPS) is 10.8. The molecule has 2 aromatic rings. The van der Waals surface area contributed by atoms with Gasteiger partial charge < -0.3 is 5.32 Å². The van der Waals surface area contributed by atoms with Crippen LogP contribution in [0.25, 0.3) is 11.3 Å². The largest absolute Gasteiger partial charge is 0.361 e. The number of aromatic nitrogens is 1. The van der Waals surface area contributed by atoms with Crippen molar-refractivity contribution < 1.29 is 4.92 Å². The minimum absolute atomic E-state index is 0.0878. The van der Waals surface area contributed by atoms with Gasteiger partial charge in [-0.2, -0.15) is 0 Å². The number of rotatable bonds is 6. The molecule has 106 valence electrons. The van der Waals surface area contributed by atoms with Crippen molar-refractivity contribution in [2.24, 2.45) is 5.92 Å². The van der Waals surface area contributed by atoms with Gasteiger partial charge in [0.1, 0.15) is 0 Å². The lowest BCUT2D eigenvalue weighted by Gasteiger charge is -2.04. The van der Waals surface area contributed by atoms with Gasteiger partial charge in [-0.05, 0) is 12.3 Å². The summed E-state index contributed by atoms with van der Waals surface area (Å²) in [5, 5.41) is 16.8. The first kappa shape index (κ1) is 14.5. The van der Waals surface area contributed by atoms with Crippen molar-refractivity contribution in [3.8, 4) is 11.3 Å². The highest BCUT2D eigenvalue weighted by Crippen LogP contribution is 2.27. The first-order valence-corrected chi connectivity index (χ1v) is 7.38. The second-order valence-electron chi connectivity index (χ2n) is 4.95. The highest BCUT2D eigenvalue weighted by Gasteiger charge is 2.09. The van der Waals surface area contributed by atoms with Gasteiger partial charge in [-0.25, -0.2) is 4.98 Å². The second kappa shape index (κ2) is 6.47. The summed E-state index contributed by atoms with van der Waals surface area (Å²) < 4.78 is 0. The van der Waals surface area contributed by atoms with E-state index in [9.17, 15) is 10.1 Å². The van der Waals surface area contributed by atoms with E-state index >= 15 is 0 Å². The van der Waals surface area contributed by atoms with E-state index in [-0.39, 0.29) is 5.69 Å². The van der Waals surface area contributed by atoms with Gasteiger partial charge in [0.25, 0.3) is 5.69 Å². The number of non-ortho nitro benzene ring substituents is 1. The summed E-state index contributed by atoms with van der Waals surface area (Å²) in [6.07, 6.45) is 1.09. The summed E-state index contributed by atoms with van der Waals surface area (Å²) in [5.41, 5.74) is 1.63. The van der Waals surface area contributed by atoms with Gasteiger partial charge in [0.2, 0.25) is 0 Å². The molecule has 6 heteroatoms. The summed E-state index contributed by atoms with van der Waals surface area (Å²) in [6, 6.07) is 6.54. The van der Waals surface area contributed by atoms with Gasteiger partial charge in [0.05, 0.1) is 10.6 Å². The Morgan fingerprint density at radius 3 is 2.95 bits per heavy atom. The van der Waals surface area contributed by atoms with Crippen LogP contribution < -0.4 is 5.32 Å². The van der Waals surface area contributed by atoms with Crippen LogP contribution in [-0.4, -0.2) is 16.5 Å². The second-order valence-corrected chi connectivity index (χ2v) is 5.81. The Labute approximate surface area is 121 Å². The predicted molar refractivity (Wildman–Crippen MR) is 82.1 cm³/mol. The summed E-state index contributed by atoms with van der Waals surface area (Å²) in [6.45, 7) is 5.25. The molecular formula is C14H17N3O2S. The first-order chi connectivity index (χ1) is 9.56. The third-order valence-electron chi connectivity index (χ3n) is 2.85. The smallest absolute Gasteiger partial charge is 0.270 e. The number of anilines is 1. The number of thiazole rings is 1. The maximum absolute atomic E-state index is 10.8. The summed E-state index contributed by atoms with van der Waals surface area (Å²) >= 11 is 1.52. The fourth-order valence-corrected chi connectivity index (χ4v) is 2.48. The fraction of sp³-hybridized carbons (Fsp3) is 0.357. The van der Waals surface area contributed by atoms with Gasteiger partial charge in [-0.15, -0.1) is 11.3 Å². The zero-order valence-corrected chi connectivity index (χ0v) is 12.3. The van der Waals surface area contributed by atoms with E-state index in [2.05, 4.69) is 24.1 Å². The van der Waals surface area contributed by atoms with Crippen LogP contribution in [0, 0.1) is 16.0 Å². The van der Waals surface area contributed by atoms with Gasteiger partial charge in [-0.3, -0.25) is 10.1 Å². The molecular weight excluding hydrogens is 274 g/mol. The molecule has 0 amide bonds. The van der Waals surface area contributed by atoms with Crippen LogP contribution in [0.4, 0.5) is 10.8 Å². The van der Waals surface area contributed by atoms with E-state index in [1.165, 1.54) is 17.4 Å². The Morgan fingerprint density at radius 1 is 1.45 bits per heavy atom. The zero-order valence-electron chi connectivity index (χ0n) is 11.5. The predicted octanol–water partition coefficient (Wildman–Crippen LogP) is 4.18. The van der Waals surface area contributed by atoms with E-state index in [0.717, 1.165) is 29.4 Å². The molecule has 0 saturated carbocycles. The average Bonchev–Trinajstić information content (AvgIpc) is 2.87.